The van der Waals surface area contributed by atoms with Crippen molar-refractivity contribution < 1.29 is 4.74 Å². The predicted molar refractivity (Wildman–Crippen MR) is 102 cm³/mol. The predicted octanol–water partition coefficient (Wildman–Crippen LogP) is 4.33. The summed E-state index contributed by atoms with van der Waals surface area (Å²) in [6, 6.07) is 8.79. The lowest BCUT2D eigenvalue weighted by Gasteiger charge is -2.51. The van der Waals surface area contributed by atoms with Gasteiger partial charge in [-0.3, -0.25) is 9.88 Å². The van der Waals surface area contributed by atoms with Crippen molar-refractivity contribution in [3.05, 3.63) is 36.0 Å². The van der Waals surface area contributed by atoms with Crippen LogP contribution in [0.1, 0.15) is 37.0 Å². The fourth-order valence-corrected chi connectivity index (χ4v) is 5.24. The maximum Gasteiger partial charge on any atom is 0.119 e. The summed E-state index contributed by atoms with van der Waals surface area (Å²) in [5.74, 6) is 2.64. The molecule has 0 radical (unpaired) electrons. The average Bonchev–Trinajstić information content (AvgIpc) is 2.66. The van der Waals surface area contributed by atoms with Crippen molar-refractivity contribution in [3.8, 4) is 5.75 Å². The highest BCUT2D eigenvalue weighted by molar-refractivity contribution is 7.80. The molecule has 1 unspecified atom stereocenters. The summed E-state index contributed by atoms with van der Waals surface area (Å²) in [6.45, 7) is 4.81. The van der Waals surface area contributed by atoms with Crippen molar-refractivity contribution in [1.29, 1.82) is 0 Å². The third-order valence-electron chi connectivity index (χ3n) is 6.13. The van der Waals surface area contributed by atoms with Crippen LogP contribution in [0.4, 0.5) is 0 Å². The first-order valence-electron chi connectivity index (χ1n) is 9.06. The Labute approximate surface area is 149 Å². The molecule has 1 aromatic carbocycles. The molecule has 0 amide bonds. The molecule has 0 aliphatic carbocycles. The molecule has 4 heteroatoms. The lowest BCUT2D eigenvalue weighted by Crippen LogP contribution is -2.54. The molecule has 2 bridgehead atoms. The second kappa shape index (κ2) is 6.57. The molecule has 3 saturated heterocycles. The van der Waals surface area contributed by atoms with E-state index in [9.17, 15) is 0 Å². The van der Waals surface area contributed by atoms with E-state index in [1.807, 2.05) is 18.3 Å². The number of fused-ring (bicyclic) bond motifs is 4. The zero-order valence-electron chi connectivity index (χ0n) is 14.5. The number of pyridine rings is 1. The fraction of sp³-hybridized carbons (Fsp3) is 0.550. The summed E-state index contributed by atoms with van der Waals surface area (Å²) in [7, 11) is 1.71. The summed E-state index contributed by atoms with van der Waals surface area (Å²) in [5.41, 5.74) is 2.31. The number of hydrogen-bond acceptors (Lipinski definition) is 4. The van der Waals surface area contributed by atoms with Crippen LogP contribution in [0.5, 0.6) is 5.75 Å². The molecule has 4 heterocycles. The third-order valence-corrected chi connectivity index (χ3v) is 6.75. The smallest absolute Gasteiger partial charge is 0.119 e. The van der Waals surface area contributed by atoms with Gasteiger partial charge in [-0.1, -0.05) is 13.3 Å². The highest BCUT2D eigenvalue weighted by atomic mass is 32.1. The van der Waals surface area contributed by atoms with Crippen LogP contribution in [-0.2, 0) is 0 Å². The van der Waals surface area contributed by atoms with Gasteiger partial charge in [-0.25, -0.2) is 0 Å². The van der Waals surface area contributed by atoms with Crippen LogP contribution in [0.25, 0.3) is 10.9 Å². The Morgan fingerprint density at radius 2 is 2.25 bits per heavy atom. The van der Waals surface area contributed by atoms with Crippen LogP contribution in [0.15, 0.2) is 30.5 Å². The Morgan fingerprint density at radius 1 is 1.38 bits per heavy atom. The van der Waals surface area contributed by atoms with E-state index < -0.39 is 0 Å². The molecule has 1 aromatic heterocycles. The van der Waals surface area contributed by atoms with E-state index in [1.54, 1.807) is 7.11 Å². The van der Waals surface area contributed by atoms with E-state index in [0.29, 0.717) is 6.04 Å². The molecule has 0 saturated carbocycles. The molecule has 3 fully saturated rings. The molecule has 0 spiro atoms. The molecule has 0 N–H and O–H groups in total. The minimum Gasteiger partial charge on any atom is -0.497 e. The van der Waals surface area contributed by atoms with Gasteiger partial charge in [-0.05, 0) is 61.1 Å². The summed E-state index contributed by atoms with van der Waals surface area (Å²) in [6.07, 6.45) is 5.86. The standard InChI is InChI=1S/C20H26N2OS/c1-3-13-12-22-9-7-14(13)10-19(22)20(24)16-6-8-21-18-5-4-15(23-2)11-17(16)18/h4-6,8,11,13-14,19-20,24H,3,7,9-10,12H2,1-2H3/t13-,14-,19+,20-/m0/s1. The first kappa shape index (κ1) is 16.2. The quantitative estimate of drug-likeness (QED) is 0.837. The van der Waals surface area contributed by atoms with Crippen molar-refractivity contribution in [2.75, 3.05) is 20.2 Å². The van der Waals surface area contributed by atoms with Gasteiger partial charge in [0.05, 0.1) is 12.6 Å². The van der Waals surface area contributed by atoms with Crippen LogP contribution in [0, 0.1) is 11.8 Å². The summed E-state index contributed by atoms with van der Waals surface area (Å²) in [4.78, 5) is 7.19. The number of hydrogen-bond donors (Lipinski definition) is 1. The number of benzene rings is 1. The monoisotopic (exact) mass is 342 g/mol. The fourth-order valence-electron chi connectivity index (χ4n) is 4.71. The van der Waals surface area contributed by atoms with Crippen LogP contribution in [-0.4, -0.2) is 36.1 Å². The lowest BCUT2D eigenvalue weighted by atomic mass is 9.73. The van der Waals surface area contributed by atoms with Gasteiger partial charge in [-0.2, -0.15) is 12.6 Å². The molecule has 3 aliphatic heterocycles. The second-order valence-electron chi connectivity index (χ2n) is 7.24. The Balaban J connectivity index is 1.68. The minimum atomic E-state index is 0.225. The van der Waals surface area contributed by atoms with Crippen LogP contribution in [0.2, 0.25) is 0 Å². The molecular formula is C20H26N2OS. The minimum absolute atomic E-state index is 0.225. The molecule has 3 nitrogen and oxygen atoms in total. The zero-order chi connectivity index (χ0) is 16.7. The van der Waals surface area contributed by atoms with Gasteiger partial charge in [0.15, 0.2) is 0 Å². The SMILES string of the molecule is CC[C@H]1CN2CC[C@H]1C[C@@H]2[C@@H](S)c1ccnc2ccc(OC)cc12. The van der Waals surface area contributed by atoms with Crippen LogP contribution >= 0.6 is 12.6 Å². The molecule has 5 atom stereocenters. The van der Waals surface area contributed by atoms with Crippen LogP contribution in [0.3, 0.4) is 0 Å². The number of thiol groups is 1. The van der Waals surface area contributed by atoms with Crippen molar-refractivity contribution in [2.24, 2.45) is 11.8 Å². The molecule has 24 heavy (non-hydrogen) atoms. The van der Waals surface area contributed by atoms with Gasteiger partial charge in [0, 0.05) is 29.4 Å². The first-order chi connectivity index (χ1) is 11.7. The van der Waals surface area contributed by atoms with Crippen molar-refractivity contribution in [3.63, 3.8) is 0 Å². The number of nitrogens with zero attached hydrogens (tertiary/aromatic N) is 2. The van der Waals surface area contributed by atoms with E-state index in [1.165, 1.54) is 43.3 Å². The van der Waals surface area contributed by atoms with E-state index in [2.05, 4.69) is 28.9 Å². The number of aromatic nitrogens is 1. The number of ether oxygens (including phenoxy) is 1. The Hall–Kier alpha value is -1.26. The lowest BCUT2D eigenvalue weighted by molar-refractivity contribution is -0.000669. The van der Waals surface area contributed by atoms with Crippen molar-refractivity contribution in [2.45, 2.75) is 37.5 Å². The molecular weight excluding hydrogens is 316 g/mol. The zero-order valence-corrected chi connectivity index (χ0v) is 15.4. The van der Waals surface area contributed by atoms with E-state index in [0.717, 1.165) is 23.1 Å². The van der Waals surface area contributed by atoms with Gasteiger partial charge in [0.25, 0.3) is 0 Å². The first-order valence-corrected chi connectivity index (χ1v) is 9.57. The molecule has 128 valence electrons. The van der Waals surface area contributed by atoms with Gasteiger partial charge in [-0.15, -0.1) is 0 Å². The van der Waals surface area contributed by atoms with Gasteiger partial charge < -0.3 is 4.74 Å². The van der Waals surface area contributed by atoms with Gasteiger partial charge in [0.2, 0.25) is 0 Å². The highest BCUT2D eigenvalue weighted by Gasteiger charge is 2.42. The topological polar surface area (TPSA) is 25.4 Å². The van der Waals surface area contributed by atoms with Crippen molar-refractivity contribution >= 4 is 23.5 Å². The Kier molecular flexibility index (Phi) is 4.44. The van der Waals surface area contributed by atoms with E-state index >= 15 is 0 Å². The molecule has 2 aromatic rings. The maximum atomic E-state index is 5.42. The number of methoxy groups -OCH3 is 1. The average molecular weight is 343 g/mol. The highest BCUT2D eigenvalue weighted by Crippen LogP contribution is 2.44. The maximum absolute atomic E-state index is 5.42. The third kappa shape index (κ3) is 2.70. The van der Waals surface area contributed by atoms with Crippen LogP contribution < -0.4 is 4.74 Å². The summed E-state index contributed by atoms with van der Waals surface area (Å²) < 4.78 is 5.42. The number of piperidine rings is 3. The van der Waals surface area contributed by atoms with E-state index in [4.69, 9.17) is 17.4 Å². The Bertz CT molecular complexity index is 735. The van der Waals surface area contributed by atoms with E-state index in [-0.39, 0.29) is 5.25 Å². The summed E-state index contributed by atoms with van der Waals surface area (Å²) >= 11 is 5.08. The largest absolute Gasteiger partial charge is 0.497 e. The van der Waals surface area contributed by atoms with Gasteiger partial charge in [0.1, 0.15) is 5.75 Å². The molecule has 5 rings (SSSR count). The molecule has 3 aliphatic rings. The second-order valence-corrected chi connectivity index (χ2v) is 7.80. The number of rotatable bonds is 4. The van der Waals surface area contributed by atoms with Crippen molar-refractivity contribution in [1.82, 2.24) is 9.88 Å². The van der Waals surface area contributed by atoms with Gasteiger partial charge >= 0.3 is 0 Å². The Morgan fingerprint density at radius 3 is 2.96 bits per heavy atom. The summed E-state index contributed by atoms with van der Waals surface area (Å²) in [5, 5.41) is 1.40. The normalized spacial score (nSPS) is 30.5.